The highest BCUT2D eigenvalue weighted by Crippen LogP contribution is 2.26. The Kier molecular flexibility index (Phi) is 3.72. The quantitative estimate of drug-likeness (QED) is 0.770. The van der Waals surface area contributed by atoms with E-state index >= 15 is 0 Å². The Hall–Kier alpha value is -3.16. The number of urea groups is 1. The van der Waals surface area contributed by atoms with E-state index in [-0.39, 0.29) is 5.82 Å². The summed E-state index contributed by atoms with van der Waals surface area (Å²) in [5.74, 6) is 0.501. The topological polar surface area (TPSA) is 79.8 Å². The zero-order valence-corrected chi connectivity index (χ0v) is 13.5. The molecule has 1 aliphatic heterocycles. The molecule has 1 aromatic carbocycles. The molecule has 8 heteroatoms. The van der Waals surface area contributed by atoms with Crippen LogP contribution in [0.1, 0.15) is 0 Å². The van der Waals surface area contributed by atoms with Gasteiger partial charge in [-0.05, 0) is 12.1 Å². The van der Waals surface area contributed by atoms with Crippen LogP contribution in [0.5, 0.6) is 0 Å². The predicted octanol–water partition coefficient (Wildman–Crippen LogP) is 1.74. The minimum Gasteiger partial charge on any atom is -0.353 e. The molecule has 1 saturated heterocycles. The molecule has 2 amide bonds. The maximum Gasteiger partial charge on any atom is 0.314 e. The van der Waals surface area contributed by atoms with E-state index in [4.69, 9.17) is 5.73 Å². The van der Waals surface area contributed by atoms with Crippen LogP contribution in [0.3, 0.4) is 0 Å². The highest BCUT2D eigenvalue weighted by Gasteiger charge is 2.22. The Labute approximate surface area is 143 Å². The number of nitrogens with zero attached hydrogens (tertiary/aromatic N) is 5. The van der Waals surface area contributed by atoms with Gasteiger partial charge >= 0.3 is 6.03 Å². The van der Waals surface area contributed by atoms with E-state index in [2.05, 4.69) is 15.0 Å². The van der Waals surface area contributed by atoms with Crippen molar-refractivity contribution in [2.75, 3.05) is 31.1 Å². The third-order valence-electron chi connectivity index (χ3n) is 4.41. The van der Waals surface area contributed by atoms with E-state index in [9.17, 15) is 9.18 Å². The number of piperazine rings is 1. The number of carbonyl (C=O) groups excluding carboxylic acids is 1. The Bertz CT molecular complexity index is 932. The first kappa shape index (κ1) is 15.4. The van der Waals surface area contributed by atoms with Gasteiger partial charge in [0.2, 0.25) is 0 Å². The largest absolute Gasteiger partial charge is 0.353 e. The lowest BCUT2D eigenvalue weighted by atomic mass is 10.1. The summed E-state index contributed by atoms with van der Waals surface area (Å²) < 4.78 is 15.9. The fraction of sp³-hybridized carbons (Fsp3) is 0.235. The molecule has 0 spiro atoms. The van der Waals surface area contributed by atoms with Gasteiger partial charge in [-0.2, -0.15) is 9.61 Å². The van der Waals surface area contributed by atoms with Crippen molar-refractivity contribution in [1.82, 2.24) is 19.5 Å². The number of carbonyl (C=O) groups is 1. The van der Waals surface area contributed by atoms with E-state index in [1.807, 2.05) is 6.07 Å². The standard InChI is InChI=1S/C17H17FN6O/c18-13-4-2-1-3-12(13)14-11-16(24-15(21-14)5-6-20-24)22-7-9-23(10-8-22)17(19)25/h1-6,11H,7-10H2,(H2,19,25). The molecule has 128 valence electrons. The van der Waals surface area contributed by atoms with Gasteiger partial charge in [0.15, 0.2) is 5.65 Å². The third kappa shape index (κ3) is 2.75. The van der Waals surface area contributed by atoms with Crippen LogP contribution in [0.15, 0.2) is 42.6 Å². The summed E-state index contributed by atoms with van der Waals surface area (Å²) in [6, 6.07) is 9.77. The summed E-state index contributed by atoms with van der Waals surface area (Å²) in [4.78, 5) is 19.5. The van der Waals surface area contributed by atoms with Gasteiger partial charge < -0.3 is 15.5 Å². The number of benzene rings is 1. The molecule has 0 bridgehead atoms. The van der Waals surface area contributed by atoms with Crippen molar-refractivity contribution in [3.8, 4) is 11.3 Å². The zero-order valence-electron chi connectivity index (χ0n) is 13.5. The van der Waals surface area contributed by atoms with Crippen LogP contribution in [0.4, 0.5) is 15.0 Å². The van der Waals surface area contributed by atoms with Crippen LogP contribution in [0, 0.1) is 5.82 Å². The summed E-state index contributed by atoms with van der Waals surface area (Å²) in [6.45, 7) is 2.32. The summed E-state index contributed by atoms with van der Waals surface area (Å²) in [7, 11) is 0. The molecule has 0 radical (unpaired) electrons. The molecule has 25 heavy (non-hydrogen) atoms. The molecule has 0 atom stereocenters. The molecule has 4 rings (SSSR count). The normalized spacial score (nSPS) is 14.9. The number of rotatable bonds is 2. The monoisotopic (exact) mass is 340 g/mol. The number of fused-ring (bicyclic) bond motifs is 1. The van der Waals surface area contributed by atoms with Gasteiger partial charge in [0, 0.05) is 43.9 Å². The van der Waals surface area contributed by atoms with Gasteiger partial charge in [0.25, 0.3) is 0 Å². The van der Waals surface area contributed by atoms with Crippen molar-refractivity contribution in [2.24, 2.45) is 5.73 Å². The second kappa shape index (κ2) is 6.04. The summed E-state index contributed by atoms with van der Waals surface area (Å²) in [5, 5.41) is 4.32. The number of nitrogens with two attached hydrogens (primary N) is 1. The fourth-order valence-corrected chi connectivity index (χ4v) is 3.08. The Morgan fingerprint density at radius 3 is 2.60 bits per heavy atom. The van der Waals surface area contributed by atoms with Gasteiger partial charge in [0.1, 0.15) is 11.6 Å². The van der Waals surface area contributed by atoms with Crippen molar-refractivity contribution in [1.29, 1.82) is 0 Å². The SMILES string of the molecule is NC(=O)N1CCN(c2cc(-c3ccccc3F)nc3ccnn23)CC1. The Morgan fingerprint density at radius 2 is 1.88 bits per heavy atom. The van der Waals surface area contributed by atoms with E-state index in [0.29, 0.717) is 43.1 Å². The van der Waals surface area contributed by atoms with E-state index in [1.54, 1.807) is 39.9 Å². The molecule has 2 N–H and O–H groups in total. The van der Waals surface area contributed by atoms with Gasteiger partial charge in [0.05, 0.1) is 11.9 Å². The minimum atomic E-state index is -0.411. The maximum atomic E-state index is 14.2. The van der Waals surface area contributed by atoms with E-state index < -0.39 is 6.03 Å². The van der Waals surface area contributed by atoms with Crippen LogP contribution >= 0.6 is 0 Å². The summed E-state index contributed by atoms with van der Waals surface area (Å²) >= 11 is 0. The van der Waals surface area contributed by atoms with Crippen LogP contribution in [0.2, 0.25) is 0 Å². The molecule has 0 aliphatic carbocycles. The molecule has 7 nitrogen and oxygen atoms in total. The average molecular weight is 340 g/mol. The van der Waals surface area contributed by atoms with Crippen LogP contribution in [-0.2, 0) is 0 Å². The Morgan fingerprint density at radius 1 is 1.12 bits per heavy atom. The average Bonchev–Trinajstić information content (AvgIpc) is 3.10. The number of hydrogen-bond acceptors (Lipinski definition) is 4. The number of primary amides is 1. The lowest BCUT2D eigenvalue weighted by Crippen LogP contribution is -2.51. The van der Waals surface area contributed by atoms with Crippen molar-refractivity contribution >= 4 is 17.5 Å². The van der Waals surface area contributed by atoms with Crippen LogP contribution < -0.4 is 10.6 Å². The Balaban J connectivity index is 1.75. The predicted molar refractivity (Wildman–Crippen MR) is 91.8 cm³/mol. The number of hydrogen-bond donors (Lipinski definition) is 1. The molecule has 1 fully saturated rings. The van der Waals surface area contributed by atoms with Crippen LogP contribution in [-0.4, -0.2) is 51.7 Å². The molecule has 0 saturated carbocycles. The molecule has 3 aromatic rings. The summed E-state index contributed by atoms with van der Waals surface area (Å²) in [5.41, 5.74) is 6.99. The molecular formula is C17H17FN6O. The lowest BCUT2D eigenvalue weighted by molar-refractivity contribution is 0.204. The lowest BCUT2D eigenvalue weighted by Gasteiger charge is -2.35. The smallest absolute Gasteiger partial charge is 0.314 e. The number of anilines is 1. The molecular weight excluding hydrogens is 323 g/mol. The molecule has 3 heterocycles. The molecule has 1 aliphatic rings. The number of halogens is 1. The number of aromatic nitrogens is 3. The molecule has 0 unspecified atom stereocenters. The van der Waals surface area contributed by atoms with Crippen molar-refractivity contribution < 1.29 is 9.18 Å². The maximum absolute atomic E-state index is 14.2. The third-order valence-corrected chi connectivity index (χ3v) is 4.41. The first-order valence-electron chi connectivity index (χ1n) is 8.02. The van der Waals surface area contributed by atoms with Crippen LogP contribution in [0.25, 0.3) is 16.9 Å². The second-order valence-electron chi connectivity index (χ2n) is 5.89. The van der Waals surface area contributed by atoms with Crippen molar-refractivity contribution in [3.05, 3.63) is 48.4 Å². The fourth-order valence-electron chi connectivity index (χ4n) is 3.08. The van der Waals surface area contributed by atoms with Gasteiger partial charge in [-0.1, -0.05) is 12.1 Å². The number of amides is 2. The molecule has 2 aromatic heterocycles. The van der Waals surface area contributed by atoms with Crippen molar-refractivity contribution in [3.63, 3.8) is 0 Å². The van der Waals surface area contributed by atoms with E-state index in [0.717, 1.165) is 5.82 Å². The second-order valence-corrected chi connectivity index (χ2v) is 5.89. The van der Waals surface area contributed by atoms with Crippen molar-refractivity contribution in [2.45, 2.75) is 0 Å². The van der Waals surface area contributed by atoms with Gasteiger partial charge in [-0.3, -0.25) is 0 Å². The minimum absolute atomic E-state index is 0.316. The highest BCUT2D eigenvalue weighted by atomic mass is 19.1. The van der Waals surface area contributed by atoms with Gasteiger partial charge in [-0.15, -0.1) is 0 Å². The van der Waals surface area contributed by atoms with Gasteiger partial charge in [-0.25, -0.2) is 14.2 Å². The highest BCUT2D eigenvalue weighted by molar-refractivity contribution is 5.72. The van der Waals surface area contributed by atoms with E-state index in [1.165, 1.54) is 6.07 Å². The summed E-state index contributed by atoms with van der Waals surface area (Å²) in [6.07, 6.45) is 1.66. The first-order valence-corrected chi connectivity index (χ1v) is 8.02. The first-order chi connectivity index (χ1) is 12.1. The zero-order chi connectivity index (χ0) is 17.4.